The lowest BCUT2D eigenvalue weighted by molar-refractivity contribution is 0.0690. The van der Waals surface area contributed by atoms with Gasteiger partial charge in [-0.05, 0) is 11.4 Å². The van der Waals surface area contributed by atoms with Crippen LogP contribution in [0.4, 0.5) is 0 Å². The number of amides is 1. The first-order chi connectivity index (χ1) is 8.66. The number of rotatable bonds is 5. The van der Waals surface area contributed by atoms with Crippen molar-refractivity contribution in [1.82, 2.24) is 14.9 Å². The van der Waals surface area contributed by atoms with E-state index >= 15 is 0 Å². The number of nitrogens with one attached hydrogen (secondary N) is 1. The molecule has 2 heterocycles. The van der Waals surface area contributed by atoms with Gasteiger partial charge in [0.15, 0.2) is 5.69 Å². The summed E-state index contributed by atoms with van der Waals surface area (Å²) in [5.41, 5.74) is -0.000386. The highest BCUT2D eigenvalue weighted by atomic mass is 32.1. The van der Waals surface area contributed by atoms with Crippen LogP contribution in [0, 0.1) is 0 Å². The van der Waals surface area contributed by atoms with Gasteiger partial charge in [-0.3, -0.25) is 4.79 Å². The number of aromatic carboxylic acids is 1. The van der Waals surface area contributed by atoms with Gasteiger partial charge in [0, 0.05) is 19.3 Å². The van der Waals surface area contributed by atoms with Crippen LogP contribution in [0.15, 0.2) is 30.0 Å². The zero-order valence-electron chi connectivity index (χ0n) is 9.37. The molecule has 7 heteroatoms. The summed E-state index contributed by atoms with van der Waals surface area (Å²) in [5.74, 6) is -1.18. The van der Waals surface area contributed by atoms with Gasteiger partial charge in [0.2, 0.25) is 0 Å². The van der Waals surface area contributed by atoms with Crippen LogP contribution < -0.4 is 5.32 Å². The Morgan fingerprint density at radius 2 is 2.33 bits per heavy atom. The fourth-order valence-corrected chi connectivity index (χ4v) is 2.03. The monoisotopic (exact) mass is 265 g/mol. The molecule has 0 fully saturated rings. The maximum atomic E-state index is 11.6. The van der Waals surface area contributed by atoms with E-state index in [1.165, 1.54) is 23.9 Å². The number of carbonyl (C=O) groups excluding carboxylic acids is 1. The minimum Gasteiger partial charge on any atom is -0.476 e. The van der Waals surface area contributed by atoms with Gasteiger partial charge in [-0.15, -0.1) is 11.3 Å². The molecule has 0 aliphatic carbocycles. The Bertz CT molecular complexity index is 548. The molecule has 18 heavy (non-hydrogen) atoms. The normalized spacial score (nSPS) is 10.2. The van der Waals surface area contributed by atoms with E-state index in [9.17, 15) is 9.59 Å². The standard InChI is InChI=1S/C11H11N3O3S/c15-10(9-2-1-5-18-9)12-3-4-14-6-8(11(16)17)13-7-14/h1-2,5-7H,3-4H2,(H,12,15)(H,16,17). The number of carboxylic acid groups (broad SMARTS) is 1. The lowest BCUT2D eigenvalue weighted by Gasteiger charge is -2.03. The maximum absolute atomic E-state index is 11.6. The van der Waals surface area contributed by atoms with Crippen molar-refractivity contribution >= 4 is 23.2 Å². The third-order valence-electron chi connectivity index (χ3n) is 2.25. The third kappa shape index (κ3) is 2.95. The number of carboxylic acids is 1. The van der Waals surface area contributed by atoms with Gasteiger partial charge in [-0.25, -0.2) is 9.78 Å². The Hall–Kier alpha value is -2.15. The Labute approximate surface area is 107 Å². The quantitative estimate of drug-likeness (QED) is 0.847. The Balaban J connectivity index is 1.81. The Kier molecular flexibility index (Phi) is 3.73. The van der Waals surface area contributed by atoms with Crippen LogP contribution in [-0.2, 0) is 6.54 Å². The van der Waals surface area contributed by atoms with E-state index in [0.717, 1.165) is 0 Å². The first-order valence-electron chi connectivity index (χ1n) is 5.23. The zero-order valence-corrected chi connectivity index (χ0v) is 10.2. The molecule has 2 rings (SSSR count). The summed E-state index contributed by atoms with van der Waals surface area (Å²) in [6.45, 7) is 0.906. The van der Waals surface area contributed by atoms with Crippen molar-refractivity contribution in [3.63, 3.8) is 0 Å². The maximum Gasteiger partial charge on any atom is 0.356 e. The fourth-order valence-electron chi connectivity index (χ4n) is 1.39. The van der Waals surface area contributed by atoms with Crippen molar-refractivity contribution in [2.24, 2.45) is 0 Å². The predicted molar refractivity (Wildman–Crippen MR) is 65.8 cm³/mol. The molecule has 2 aromatic heterocycles. The minimum atomic E-state index is -1.06. The summed E-state index contributed by atoms with van der Waals surface area (Å²) >= 11 is 1.38. The molecule has 0 aromatic carbocycles. The third-order valence-corrected chi connectivity index (χ3v) is 3.12. The molecule has 0 saturated heterocycles. The van der Waals surface area contributed by atoms with E-state index in [4.69, 9.17) is 5.11 Å². The first-order valence-corrected chi connectivity index (χ1v) is 6.11. The summed E-state index contributed by atoms with van der Waals surface area (Å²) < 4.78 is 1.62. The summed E-state index contributed by atoms with van der Waals surface area (Å²) in [7, 11) is 0. The molecule has 0 unspecified atom stereocenters. The van der Waals surface area contributed by atoms with E-state index in [-0.39, 0.29) is 11.6 Å². The predicted octanol–water partition coefficient (Wildman–Crippen LogP) is 1.07. The SMILES string of the molecule is O=C(O)c1cn(CCNC(=O)c2cccs2)cn1. The minimum absolute atomic E-state index is 0.000386. The van der Waals surface area contributed by atoms with Crippen LogP contribution in [0.3, 0.4) is 0 Å². The Morgan fingerprint density at radius 3 is 2.94 bits per heavy atom. The molecule has 0 atom stereocenters. The molecule has 0 bridgehead atoms. The van der Waals surface area contributed by atoms with Crippen LogP contribution in [-0.4, -0.2) is 33.1 Å². The van der Waals surface area contributed by atoms with E-state index in [2.05, 4.69) is 10.3 Å². The van der Waals surface area contributed by atoms with Crippen LogP contribution in [0.25, 0.3) is 0 Å². The molecule has 1 amide bonds. The molecular formula is C11H11N3O3S. The van der Waals surface area contributed by atoms with Crippen molar-refractivity contribution in [3.8, 4) is 0 Å². The molecule has 0 radical (unpaired) electrons. The van der Waals surface area contributed by atoms with E-state index in [1.54, 1.807) is 10.6 Å². The largest absolute Gasteiger partial charge is 0.476 e. The molecular weight excluding hydrogens is 254 g/mol. The number of aromatic nitrogens is 2. The summed E-state index contributed by atoms with van der Waals surface area (Å²) in [6, 6.07) is 3.56. The van der Waals surface area contributed by atoms with Crippen LogP contribution in [0.2, 0.25) is 0 Å². The van der Waals surface area contributed by atoms with E-state index in [1.807, 2.05) is 11.4 Å². The highest BCUT2D eigenvalue weighted by molar-refractivity contribution is 7.12. The molecule has 2 aromatic rings. The van der Waals surface area contributed by atoms with Crippen LogP contribution in [0.5, 0.6) is 0 Å². The van der Waals surface area contributed by atoms with Crippen LogP contribution in [0.1, 0.15) is 20.2 Å². The fraction of sp³-hybridized carbons (Fsp3) is 0.182. The molecule has 94 valence electrons. The Morgan fingerprint density at radius 1 is 1.50 bits per heavy atom. The molecule has 0 aliphatic heterocycles. The molecule has 2 N–H and O–H groups in total. The lowest BCUT2D eigenvalue weighted by atomic mass is 10.4. The zero-order chi connectivity index (χ0) is 13.0. The number of imidazole rings is 1. The van der Waals surface area contributed by atoms with E-state index in [0.29, 0.717) is 18.0 Å². The second-order valence-corrected chi connectivity index (χ2v) is 4.48. The van der Waals surface area contributed by atoms with Crippen molar-refractivity contribution in [2.45, 2.75) is 6.54 Å². The smallest absolute Gasteiger partial charge is 0.356 e. The average Bonchev–Trinajstić information content (AvgIpc) is 3.00. The van der Waals surface area contributed by atoms with Gasteiger partial charge in [-0.2, -0.15) is 0 Å². The number of thiophene rings is 1. The first kappa shape index (κ1) is 12.3. The summed E-state index contributed by atoms with van der Waals surface area (Å²) in [4.78, 5) is 26.6. The van der Waals surface area contributed by atoms with Gasteiger partial charge in [0.25, 0.3) is 5.91 Å². The van der Waals surface area contributed by atoms with Crippen molar-refractivity contribution in [2.75, 3.05) is 6.54 Å². The number of hydrogen-bond acceptors (Lipinski definition) is 4. The number of nitrogens with zero attached hydrogens (tertiary/aromatic N) is 2. The van der Waals surface area contributed by atoms with Gasteiger partial charge >= 0.3 is 5.97 Å². The second-order valence-electron chi connectivity index (χ2n) is 3.54. The highest BCUT2D eigenvalue weighted by Crippen LogP contribution is 2.07. The molecule has 0 aliphatic rings. The van der Waals surface area contributed by atoms with Gasteiger partial charge in [0.05, 0.1) is 11.2 Å². The van der Waals surface area contributed by atoms with E-state index < -0.39 is 5.97 Å². The second kappa shape index (κ2) is 5.46. The number of hydrogen-bond donors (Lipinski definition) is 2. The number of carbonyl (C=O) groups is 2. The topological polar surface area (TPSA) is 84.2 Å². The van der Waals surface area contributed by atoms with Gasteiger partial charge in [-0.1, -0.05) is 6.07 Å². The van der Waals surface area contributed by atoms with Gasteiger partial charge in [0.1, 0.15) is 0 Å². The lowest BCUT2D eigenvalue weighted by Crippen LogP contribution is -2.26. The van der Waals surface area contributed by atoms with Crippen molar-refractivity contribution in [3.05, 3.63) is 40.6 Å². The summed E-state index contributed by atoms with van der Waals surface area (Å²) in [6.07, 6.45) is 2.86. The molecule has 0 spiro atoms. The summed E-state index contributed by atoms with van der Waals surface area (Å²) in [5, 5.41) is 13.3. The molecule has 0 saturated carbocycles. The van der Waals surface area contributed by atoms with Crippen molar-refractivity contribution in [1.29, 1.82) is 0 Å². The molecule has 6 nitrogen and oxygen atoms in total. The van der Waals surface area contributed by atoms with Gasteiger partial charge < -0.3 is 15.0 Å². The average molecular weight is 265 g/mol. The van der Waals surface area contributed by atoms with Crippen LogP contribution >= 0.6 is 11.3 Å². The highest BCUT2D eigenvalue weighted by Gasteiger charge is 2.07. The van der Waals surface area contributed by atoms with Crippen molar-refractivity contribution < 1.29 is 14.7 Å².